The fraction of sp³-hybridized carbons (Fsp3) is 0.179. The third kappa shape index (κ3) is 11.0. The molecule has 0 atom stereocenters. The highest BCUT2D eigenvalue weighted by Gasteiger charge is 2.34. The van der Waals surface area contributed by atoms with Crippen LogP contribution in [-0.2, 0) is 17.1 Å². The van der Waals surface area contributed by atoms with Crippen LogP contribution < -0.4 is 27.5 Å². The summed E-state index contributed by atoms with van der Waals surface area (Å²) in [6.45, 7) is 1.08. The maximum atomic E-state index is 12.6. The van der Waals surface area contributed by atoms with E-state index in [4.69, 9.17) is 38.8 Å². The van der Waals surface area contributed by atoms with E-state index < -0.39 is 46.6 Å². The molecule has 23 heteroatoms. The molecule has 0 aliphatic heterocycles. The summed E-state index contributed by atoms with van der Waals surface area (Å²) in [5, 5.41) is 9.60. The second kappa shape index (κ2) is 16.4. The minimum absolute atomic E-state index is 0.106. The number of H-pyrrole nitrogens is 1. The van der Waals surface area contributed by atoms with E-state index in [2.05, 4.69) is 18.1 Å². The van der Waals surface area contributed by atoms with Crippen molar-refractivity contribution in [3.8, 4) is 5.69 Å². The van der Waals surface area contributed by atoms with E-state index in [0.717, 1.165) is 38.9 Å². The van der Waals surface area contributed by atoms with Crippen LogP contribution in [0.3, 0.4) is 0 Å². The molecule has 4 aromatic heterocycles. The van der Waals surface area contributed by atoms with E-state index in [1.807, 2.05) is 18.2 Å². The predicted molar refractivity (Wildman–Crippen MR) is 180 cm³/mol. The number of carbonyl (C=O) groups is 1. The second-order valence-electron chi connectivity index (χ2n) is 9.80. The second-order valence-corrected chi connectivity index (χ2v) is 12.1. The van der Waals surface area contributed by atoms with Crippen molar-refractivity contribution in [1.29, 1.82) is 0 Å². The quantitative estimate of drug-likeness (QED) is 0.127. The van der Waals surface area contributed by atoms with Crippen molar-refractivity contribution in [3.63, 3.8) is 0 Å². The first-order valence-corrected chi connectivity index (χ1v) is 15.6. The van der Waals surface area contributed by atoms with Crippen molar-refractivity contribution in [2.45, 2.75) is 19.3 Å². The zero-order valence-corrected chi connectivity index (χ0v) is 28.9. The molecular weight excluding hydrogens is 779 g/mol. The van der Waals surface area contributed by atoms with Gasteiger partial charge >= 0.3 is 23.7 Å². The number of hydrogen-bond acceptors (Lipinski definition) is 12. The molecule has 0 radical (unpaired) electrons. The Morgan fingerprint density at radius 2 is 1.43 bits per heavy atom. The molecule has 6 rings (SSSR count). The highest BCUT2D eigenvalue weighted by Crippen LogP contribution is 2.30. The van der Waals surface area contributed by atoms with Crippen LogP contribution in [0.1, 0.15) is 18.3 Å². The lowest BCUT2D eigenvalue weighted by Crippen LogP contribution is -2.35. The monoisotopic (exact) mass is 799 g/mol. The van der Waals surface area contributed by atoms with Crippen LogP contribution >= 0.6 is 46.3 Å². The maximum Gasteiger partial charge on any atom is 0.433 e. The molecule has 4 heterocycles. The summed E-state index contributed by atoms with van der Waals surface area (Å²) in [6, 6.07) is 10.3. The summed E-state index contributed by atoms with van der Waals surface area (Å²) in [7, 11) is 2.84. The molecule has 0 unspecified atom stereocenters. The number of alkyl halides is 6. The van der Waals surface area contributed by atoms with Gasteiger partial charge in [-0.05, 0) is 59.5 Å². The first kappa shape index (κ1) is 40.4. The summed E-state index contributed by atoms with van der Waals surface area (Å²) in [4.78, 5) is 49.4. The minimum Gasteiger partial charge on any atom is -0.481 e. The lowest BCUT2D eigenvalue weighted by molar-refractivity contribution is -0.142. The Bertz CT molecular complexity index is 2320. The number of rotatable bonds is 2. The molecule has 0 fully saturated rings. The number of aromatic nitrogens is 5. The molecule has 13 nitrogen and oxygen atoms in total. The number of carboxylic acids is 1. The van der Waals surface area contributed by atoms with Gasteiger partial charge in [-0.1, -0.05) is 23.2 Å². The number of hydrogen-bond donors (Lipinski definition) is 3. The average molecular weight is 801 g/mol. The van der Waals surface area contributed by atoms with Gasteiger partial charge in [-0.15, -0.1) is 0 Å². The van der Waals surface area contributed by atoms with Gasteiger partial charge in [-0.25, -0.2) is 14.2 Å². The molecular formula is C28H21Cl2F6N7O6S2. The van der Waals surface area contributed by atoms with Crippen LogP contribution in [0.2, 0.25) is 10.3 Å². The Balaban J connectivity index is 0.000000208. The number of nitrogens with two attached hydrogens (primary N) is 1. The molecule has 6 aromatic rings. The number of nitrogens with zero attached hydrogens (tertiary/aromatic N) is 5. The van der Waals surface area contributed by atoms with Gasteiger partial charge in [-0.3, -0.25) is 9.59 Å². The van der Waals surface area contributed by atoms with Gasteiger partial charge in [0.2, 0.25) is 0 Å². The number of nitrogen functional groups attached to an aromatic ring is 1. The highest BCUT2D eigenvalue weighted by atomic mass is 35.5. The zero-order valence-electron chi connectivity index (χ0n) is 25.8. The first-order valence-electron chi connectivity index (χ1n) is 13.3. The van der Waals surface area contributed by atoms with Gasteiger partial charge in [0, 0.05) is 43.5 Å². The summed E-state index contributed by atoms with van der Waals surface area (Å²) in [5.74, 6) is -0.833. The third-order valence-corrected chi connectivity index (χ3v) is 8.12. The van der Waals surface area contributed by atoms with Gasteiger partial charge in [0.05, 0.1) is 21.2 Å². The Morgan fingerprint density at radius 3 is 1.92 bits per heavy atom. The van der Waals surface area contributed by atoms with E-state index in [0.29, 0.717) is 27.2 Å². The normalized spacial score (nSPS) is 11.1. The fourth-order valence-electron chi connectivity index (χ4n) is 3.58. The molecule has 2 aromatic carbocycles. The standard InChI is InChI=1S/C12H5ClF3N3O2S.C7H5ClN2S.C7H7F3N2O2.C2H4O2/c13-10-6-3-5(1-2-7(6)22-18-10)19-9(20)4-8(12(14,15)16)17-11(19)21;8-7-5-3-4(9)1-2-6(5)11-10-7;1-12(2)6-11-4(7(8,9)10)3-5(13)14-6;1-2(3)4/h1-4H,(H,17,21);1-3H,9H2;3H,1-2H3;1H3,(H,3,4). The van der Waals surface area contributed by atoms with Crippen LogP contribution in [0, 0.1) is 0 Å². The Labute approximate surface area is 298 Å². The van der Waals surface area contributed by atoms with Crippen LogP contribution in [0.4, 0.5) is 38.0 Å². The predicted octanol–water partition coefficient (Wildman–Crippen LogP) is 6.55. The first-order chi connectivity index (χ1) is 23.6. The van der Waals surface area contributed by atoms with Gasteiger partial charge in [0.15, 0.2) is 16.0 Å². The van der Waals surface area contributed by atoms with E-state index in [1.165, 1.54) is 42.7 Å². The number of nitrogens with one attached hydrogen (secondary N) is 1. The van der Waals surface area contributed by atoms with Gasteiger partial charge in [0.25, 0.3) is 17.5 Å². The van der Waals surface area contributed by atoms with E-state index in [1.54, 1.807) is 11.1 Å². The van der Waals surface area contributed by atoms with Gasteiger partial charge < -0.3 is 25.1 Å². The summed E-state index contributed by atoms with van der Waals surface area (Å²) in [5.41, 5.74) is 0.409. The molecule has 0 aliphatic rings. The SMILES string of the molecule is CC(=O)O.CN(C)c1nc(C(F)(F)F)cc(=O)o1.Nc1ccc2snc(Cl)c2c1.O=c1cc(C(F)(F)F)[nH]c(=O)n1-c1ccc2snc(Cl)c2c1. The molecule has 0 saturated heterocycles. The van der Waals surface area contributed by atoms with Crippen molar-refractivity contribution in [1.82, 2.24) is 23.3 Å². The molecule has 51 heavy (non-hydrogen) atoms. The molecule has 0 bridgehead atoms. The van der Waals surface area contributed by atoms with Crippen LogP contribution in [0.5, 0.6) is 0 Å². The number of halogens is 8. The molecule has 4 N–H and O–H groups in total. The molecule has 272 valence electrons. The number of aromatic amines is 1. The molecule has 0 amide bonds. The Morgan fingerprint density at radius 1 is 0.902 bits per heavy atom. The summed E-state index contributed by atoms with van der Waals surface area (Å²) < 4.78 is 88.9. The minimum atomic E-state index is -4.80. The lowest BCUT2D eigenvalue weighted by Gasteiger charge is -2.10. The largest absolute Gasteiger partial charge is 0.481 e. The van der Waals surface area contributed by atoms with Crippen molar-refractivity contribution >= 4 is 84.1 Å². The van der Waals surface area contributed by atoms with E-state index >= 15 is 0 Å². The van der Waals surface area contributed by atoms with Crippen LogP contribution in [-0.4, -0.2) is 48.5 Å². The number of fused-ring (bicyclic) bond motifs is 2. The average Bonchev–Trinajstić information content (AvgIpc) is 3.57. The van der Waals surface area contributed by atoms with Gasteiger partial charge in [0.1, 0.15) is 5.69 Å². The third-order valence-electron chi connectivity index (χ3n) is 5.69. The summed E-state index contributed by atoms with van der Waals surface area (Å²) >= 11 is 14.2. The number of benzene rings is 2. The molecule has 0 aliphatic carbocycles. The summed E-state index contributed by atoms with van der Waals surface area (Å²) in [6.07, 6.45) is -9.44. The van der Waals surface area contributed by atoms with Crippen molar-refractivity contribution < 1.29 is 40.7 Å². The smallest absolute Gasteiger partial charge is 0.433 e. The topological polar surface area (TPSA) is 190 Å². The highest BCUT2D eigenvalue weighted by molar-refractivity contribution is 7.14. The van der Waals surface area contributed by atoms with E-state index in [9.17, 15) is 40.7 Å². The Hall–Kier alpha value is -4.99. The van der Waals surface area contributed by atoms with E-state index in [-0.39, 0.29) is 16.9 Å². The maximum absolute atomic E-state index is 12.6. The number of anilines is 2. The molecule has 0 saturated carbocycles. The lowest BCUT2D eigenvalue weighted by atomic mass is 10.2. The molecule has 0 spiro atoms. The number of aliphatic carboxylic acids is 1. The van der Waals surface area contributed by atoms with Crippen molar-refractivity contribution in [2.75, 3.05) is 24.7 Å². The zero-order chi connectivity index (χ0) is 38.4. The number of carboxylic acid groups (broad SMARTS) is 1. The fourth-order valence-corrected chi connectivity index (χ4v) is 5.53. The van der Waals surface area contributed by atoms with Crippen LogP contribution in [0.25, 0.3) is 25.9 Å². The van der Waals surface area contributed by atoms with Crippen LogP contribution in [0.15, 0.2) is 67.3 Å². The van der Waals surface area contributed by atoms with Gasteiger partial charge in [-0.2, -0.15) is 40.1 Å². The van der Waals surface area contributed by atoms with Crippen molar-refractivity contribution in [2.24, 2.45) is 0 Å². The van der Waals surface area contributed by atoms with Crippen molar-refractivity contribution in [3.05, 3.63) is 101 Å². The Kier molecular flexibility index (Phi) is 13.0.